The summed E-state index contributed by atoms with van der Waals surface area (Å²) in [6.07, 6.45) is 0. The van der Waals surface area contributed by atoms with Gasteiger partial charge < -0.3 is 22.7 Å². The quantitative estimate of drug-likeness (QED) is 0.112. The van der Waals surface area contributed by atoms with Crippen molar-refractivity contribution in [3.63, 3.8) is 0 Å². The van der Waals surface area contributed by atoms with Crippen molar-refractivity contribution in [2.45, 2.75) is 86.0 Å². The van der Waals surface area contributed by atoms with Crippen molar-refractivity contribution >= 4 is 66.3 Å². The first-order valence-corrected chi connectivity index (χ1v) is 28.5. The molecule has 0 unspecified atom stereocenters. The molecule has 0 atom stereocenters. The summed E-state index contributed by atoms with van der Waals surface area (Å²) in [7, 11) is 0. The first-order chi connectivity index (χ1) is 39.8. The number of para-hydroxylation sites is 4. The van der Waals surface area contributed by atoms with Crippen LogP contribution in [0.5, 0.6) is 11.5 Å². The van der Waals surface area contributed by atoms with Gasteiger partial charge in [-0.15, -0.1) is 23.8 Å². The zero-order chi connectivity index (χ0) is 56.1. The molecule has 0 radical (unpaired) electrons. The number of aryl methyl sites for hydroxylation is 1. The van der Waals surface area contributed by atoms with E-state index in [2.05, 4.69) is 210 Å². The molecule has 410 valence electrons. The number of pyridine rings is 2. The summed E-state index contributed by atoms with van der Waals surface area (Å²) in [6.45, 7) is 20.1. The Bertz CT molecular complexity index is 4760. The molecule has 14 rings (SSSR count). The fourth-order valence-electron chi connectivity index (χ4n) is 11.9. The van der Waals surface area contributed by atoms with Crippen molar-refractivity contribution in [3.8, 4) is 67.9 Å². The first-order valence-electron chi connectivity index (χ1n) is 28.5. The van der Waals surface area contributed by atoms with E-state index in [-0.39, 0.29) is 44.7 Å². The molecule has 0 fully saturated rings. The van der Waals surface area contributed by atoms with E-state index in [1.165, 1.54) is 44.5 Å². The Labute approximate surface area is 496 Å². The molecular weight excluding hydrogens is 1200 g/mol. The zero-order valence-electron chi connectivity index (χ0n) is 47.8. The van der Waals surface area contributed by atoms with Gasteiger partial charge in [0.2, 0.25) is 5.71 Å². The van der Waals surface area contributed by atoms with E-state index in [9.17, 15) is 0 Å². The molecule has 9 nitrogen and oxygen atoms in total. The minimum absolute atomic E-state index is 0. The van der Waals surface area contributed by atoms with Crippen LogP contribution in [-0.2, 0) is 21.1 Å². The third kappa shape index (κ3) is 9.23. The summed E-state index contributed by atoms with van der Waals surface area (Å²) in [5, 5.41) is 1.56. The fourth-order valence-corrected chi connectivity index (χ4v) is 11.9. The Morgan fingerprint density at radius 1 is 0.434 bits per heavy atom. The summed E-state index contributed by atoms with van der Waals surface area (Å²) < 4.78 is 25.2. The molecule has 0 saturated carbocycles. The Morgan fingerprint density at radius 2 is 0.940 bits per heavy atom. The summed E-state index contributed by atoms with van der Waals surface area (Å²) in [4.78, 5) is 21.0. The van der Waals surface area contributed by atoms with Gasteiger partial charge in [-0.3, -0.25) is 9.97 Å². The van der Waals surface area contributed by atoms with Crippen LogP contribution in [0, 0.1) is 19.1 Å². The second kappa shape index (κ2) is 21.1. The normalized spacial score (nSPS) is 12.0. The van der Waals surface area contributed by atoms with Gasteiger partial charge in [0.15, 0.2) is 5.58 Å². The number of hydrogen-bond acceptors (Lipinski definition) is 7. The van der Waals surface area contributed by atoms with Crippen LogP contribution in [0.4, 0.5) is 0 Å². The third-order valence-corrected chi connectivity index (χ3v) is 15.9. The summed E-state index contributed by atoms with van der Waals surface area (Å²) in [5.74, 6) is 3.08. The fraction of sp³-hybridized carbons (Fsp3) is 0.178. The van der Waals surface area contributed by atoms with Crippen molar-refractivity contribution < 1.29 is 34.6 Å². The number of imidazole rings is 2. The van der Waals surface area contributed by atoms with Crippen molar-refractivity contribution in [1.82, 2.24) is 29.1 Å². The van der Waals surface area contributed by atoms with Gasteiger partial charge in [-0.25, -0.2) is 9.97 Å². The van der Waals surface area contributed by atoms with Crippen LogP contribution >= 0.6 is 0 Å². The van der Waals surface area contributed by atoms with Crippen LogP contribution in [0.15, 0.2) is 185 Å². The standard InChI is InChI=1S/C73H60N6O3.Pt/c1-41(2)54-34-49(46-21-12-10-13-22-46)35-55(42(3)4)68(54)78-62-29-18-16-27-60(62)75-71(78)48-25-20-26-51(33-48)80-52-38-58-67-64(40-65-66(77-67)53-32-31-45(9)74-73(53)82-65)81-70(58)59(39-52)72-76-61-28-17-19-30-63(61)79(72)69-56(43(5)6)36-50(37-57(69)44(7)8)47-23-14-11-15-24-47;/h10-32,34-38,40-44H,1-9H3;/q-2;+2. The number of fused-ring (bicyclic) bond motifs is 8. The van der Waals surface area contributed by atoms with Crippen molar-refractivity contribution in [1.29, 1.82) is 0 Å². The van der Waals surface area contributed by atoms with Gasteiger partial charge in [0.1, 0.15) is 11.1 Å². The molecule has 6 aromatic heterocycles. The molecule has 0 aliphatic carbocycles. The van der Waals surface area contributed by atoms with Gasteiger partial charge >= 0.3 is 21.1 Å². The van der Waals surface area contributed by atoms with Gasteiger partial charge in [0, 0.05) is 34.6 Å². The summed E-state index contributed by atoms with van der Waals surface area (Å²) in [5.41, 5.74) is 21.4. The van der Waals surface area contributed by atoms with Crippen LogP contribution in [0.2, 0.25) is 0 Å². The monoisotopic (exact) mass is 1260 g/mol. The molecule has 0 saturated heterocycles. The topological polar surface area (TPSA) is 96.9 Å². The Kier molecular flexibility index (Phi) is 13.6. The molecule has 8 aromatic carbocycles. The van der Waals surface area contributed by atoms with E-state index >= 15 is 0 Å². The van der Waals surface area contributed by atoms with E-state index in [0.29, 0.717) is 56.4 Å². The van der Waals surface area contributed by atoms with Crippen LogP contribution in [-0.4, -0.2) is 29.1 Å². The first kappa shape index (κ1) is 53.4. The smallest absolute Gasteiger partial charge is 0.499 e. The Morgan fingerprint density at radius 3 is 1.51 bits per heavy atom. The van der Waals surface area contributed by atoms with E-state index in [1.54, 1.807) is 0 Å². The predicted octanol–water partition coefficient (Wildman–Crippen LogP) is 19.8. The molecule has 0 aliphatic heterocycles. The second-order valence-corrected chi connectivity index (χ2v) is 22.9. The van der Waals surface area contributed by atoms with Crippen molar-refractivity contribution in [2.24, 2.45) is 0 Å². The van der Waals surface area contributed by atoms with Crippen LogP contribution in [0.25, 0.3) is 123 Å². The third-order valence-electron chi connectivity index (χ3n) is 15.9. The van der Waals surface area contributed by atoms with Gasteiger partial charge in [-0.1, -0.05) is 164 Å². The van der Waals surface area contributed by atoms with Gasteiger partial charge in [-0.05, 0) is 141 Å². The van der Waals surface area contributed by atoms with Crippen molar-refractivity contribution in [3.05, 3.63) is 216 Å². The summed E-state index contributed by atoms with van der Waals surface area (Å²) in [6, 6.07) is 68.9. The Hall–Kier alpha value is -8.91. The number of hydrogen-bond donors (Lipinski definition) is 0. The van der Waals surface area contributed by atoms with E-state index in [1.807, 2.05) is 49.4 Å². The number of ether oxygens (including phenoxy) is 1. The van der Waals surface area contributed by atoms with E-state index in [0.717, 1.165) is 61.3 Å². The second-order valence-electron chi connectivity index (χ2n) is 22.9. The molecule has 0 spiro atoms. The molecule has 0 amide bonds. The number of aromatic nitrogens is 6. The number of furan rings is 2. The minimum Gasteiger partial charge on any atom is -0.499 e. The maximum atomic E-state index is 7.12. The maximum Gasteiger partial charge on any atom is 2.00 e. The average Bonchev–Trinajstić information content (AvgIpc) is 4.45. The number of benzene rings is 8. The maximum absolute atomic E-state index is 7.12. The zero-order valence-corrected chi connectivity index (χ0v) is 50.0. The van der Waals surface area contributed by atoms with Crippen LogP contribution < -0.4 is 4.74 Å². The molecular formula is C73H60N6O3Pt. The molecule has 0 bridgehead atoms. The number of nitrogens with zero attached hydrogens (tertiary/aromatic N) is 6. The van der Waals surface area contributed by atoms with Crippen molar-refractivity contribution in [2.75, 3.05) is 0 Å². The molecule has 10 heteroatoms. The number of rotatable bonds is 12. The molecule has 0 N–H and O–H groups in total. The van der Waals surface area contributed by atoms with Crippen LogP contribution in [0.1, 0.15) is 107 Å². The van der Waals surface area contributed by atoms with E-state index < -0.39 is 0 Å². The van der Waals surface area contributed by atoms with E-state index in [4.69, 9.17) is 33.5 Å². The van der Waals surface area contributed by atoms with Gasteiger partial charge in [0.25, 0.3) is 0 Å². The predicted molar refractivity (Wildman–Crippen MR) is 333 cm³/mol. The SMILES string of the molecule is Cc1ccc2c(n1)oc1cc3oc4c(-c5nc6ccccc6n5-c5c(C(C)C)cc(-c6ccccc6)cc5C(C)C)[c-]c(Oc5[c-]c(-c6nc7ccccc7n6-c6c(C(C)C)cc(-c7ccccc7)cc6C(C)C)ccc5)cc4c3nc12.[Pt+2]. The minimum atomic E-state index is 0. The van der Waals surface area contributed by atoms with Gasteiger partial charge in [-0.2, -0.15) is 0 Å². The molecule has 83 heavy (non-hydrogen) atoms. The molecule has 0 aliphatic rings. The Balaban J connectivity index is 0.00000645. The van der Waals surface area contributed by atoms with Crippen LogP contribution in [0.3, 0.4) is 0 Å². The van der Waals surface area contributed by atoms with Gasteiger partial charge in [0.05, 0.1) is 50.2 Å². The molecule has 14 aromatic rings. The average molecular weight is 1260 g/mol. The largest absolute Gasteiger partial charge is 2.00 e. The molecule has 6 heterocycles. The summed E-state index contributed by atoms with van der Waals surface area (Å²) >= 11 is 0.